The second-order valence-corrected chi connectivity index (χ2v) is 7.01. The summed E-state index contributed by atoms with van der Waals surface area (Å²) in [7, 11) is 0. The third kappa shape index (κ3) is 4.56. The van der Waals surface area contributed by atoms with Crippen molar-refractivity contribution in [1.29, 1.82) is 0 Å². The van der Waals surface area contributed by atoms with Crippen LogP contribution in [-0.2, 0) is 11.2 Å². The van der Waals surface area contributed by atoms with Crippen molar-refractivity contribution >= 4 is 34.8 Å². The zero-order chi connectivity index (χ0) is 16.2. The molecule has 1 amide bonds. The van der Waals surface area contributed by atoms with Gasteiger partial charge in [-0.25, -0.2) is 4.98 Å². The van der Waals surface area contributed by atoms with Crippen molar-refractivity contribution in [3.05, 3.63) is 35.2 Å². The SMILES string of the molecule is CCc1ccc(-c2csc(NC(=O)[C@H]3CCN[C@@H](C)C3)n2)cc1.Cl. The largest absolute Gasteiger partial charge is 0.314 e. The highest BCUT2D eigenvalue weighted by molar-refractivity contribution is 7.14. The number of rotatable bonds is 4. The van der Waals surface area contributed by atoms with Crippen molar-refractivity contribution in [3.8, 4) is 11.3 Å². The number of hydrogen-bond acceptors (Lipinski definition) is 4. The van der Waals surface area contributed by atoms with E-state index in [9.17, 15) is 4.79 Å². The molecule has 1 aliphatic rings. The minimum absolute atomic E-state index is 0. The summed E-state index contributed by atoms with van der Waals surface area (Å²) in [5.74, 6) is 0.183. The van der Waals surface area contributed by atoms with Gasteiger partial charge in [-0.05, 0) is 38.3 Å². The van der Waals surface area contributed by atoms with Crippen LogP contribution in [0.3, 0.4) is 0 Å². The average Bonchev–Trinajstić information content (AvgIpc) is 3.03. The van der Waals surface area contributed by atoms with Gasteiger partial charge in [0, 0.05) is 22.9 Å². The number of aryl methyl sites for hydroxylation is 1. The lowest BCUT2D eigenvalue weighted by Gasteiger charge is -2.26. The Morgan fingerprint density at radius 1 is 1.38 bits per heavy atom. The molecule has 0 saturated carbocycles. The van der Waals surface area contributed by atoms with Crippen molar-refractivity contribution in [2.24, 2.45) is 5.92 Å². The highest BCUT2D eigenvalue weighted by atomic mass is 35.5. The molecule has 2 heterocycles. The second kappa shape index (κ2) is 8.60. The van der Waals surface area contributed by atoms with E-state index < -0.39 is 0 Å². The number of carbonyl (C=O) groups excluding carboxylic acids is 1. The Labute approximate surface area is 153 Å². The van der Waals surface area contributed by atoms with E-state index in [1.807, 2.05) is 5.38 Å². The van der Waals surface area contributed by atoms with Gasteiger partial charge < -0.3 is 10.6 Å². The van der Waals surface area contributed by atoms with Gasteiger partial charge in [-0.3, -0.25) is 4.79 Å². The quantitative estimate of drug-likeness (QED) is 0.856. The maximum absolute atomic E-state index is 12.4. The molecule has 2 N–H and O–H groups in total. The van der Waals surface area contributed by atoms with Crippen molar-refractivity contribution < 1.29 is 4.79 Å². The average molecular weight is 366 g/mol. The van der Waals surface area contributed by atoms with Gasteiger partial charge in [0.1, 0.15) is 0 Å². The van der Waals surface area contributed by atoms with Gasteiger partial charge in [0.25, 0.3) is 0 Å². The lowest BCUT2D eigenvalue weighted by molar-refractivity contribution is -0.120. The summed E-state index contributed by atoms with van der Waals surface area (Å²) in [5, 5.41) is 9.05. The molecule has 3 rings (SSSR count). The molecule has 0 radical (unpaired) electrons. The number of piperidine rings is 1. The Bertz CT molecular complexity index is 671. The third-order valence-corrected chi connectivity index (χ3v) is 5.14. The Morgan fingerprint density at radius 2 is 2.12 bits per heavy atom. The molecule has 1 fully saturated rings. The van der Waals surface area contributed by atoms with E-state index in [2.05, 4.69) is 53.7 Å². The van der Waals surface area contributed by atoms with Crippen LogP contribution in [0.15, 0.2) is 29.6 Å². The standard InChI is InChI=1S/C18H23N3OS.ClH/c1-3-13-4-6-14(7-5-13)16-11-23-18(20-16)21-17(22)15-8-9-19-12(2)10-15;/h4-7,11-12,15,19H,3,8-10H2,1-2H3,(H,20,21,22);1H/t12-,15-;/m0./s1. The van der Waals surface area contributed by atoms with E-state index in [1.165, 1.54) is 16.9 Å². The van der Waals surface area contributed by atoms with Gasteiger partial charge >= 0.3 is 0 Å². The number of anilines is 1. The van der Waals surface area contributed by atoms with Crippen LogP contribution in [0.4, 0.5) is 5.13 Å². The summed E-state index contributed by atoms with van der Waals surface area (Å²) < 4.78 is 0. The summed E-state index contributed by atoms with van der Waals surface area (Å²) in [6.45, 7) is 5.18. The monoisotopic (exact) mass is 365 g/mol. The van der Waals surface area contributed by atoms with E-state index in [0.29, 0.717) is 11.2 Å². The molecule has 24 heavy (non-hydrogen) atoms. The normalized spacial score (nSPS) is 20.2. The molecular formula is C18H24ClN3OS. The molecule has 0 unspecified atom stereocenters. The third-order valence-electron chi connectivity index (χ3n) is 4.39. The van der Waals surface area contributed by atoms with Crippen LogP contribution >= 0.6 is 23.7 Å². The molecule has 0 aliphatic carbocycles. The first kappa shape index (κ1) is 18.9. The Kier molecular flexibility index (Phi) is 6.78. The molecule has 1 aliphatic heterocycles. The van der Waals surface area contributed by atoms with Crippen LogP contribution in [0, 0.1) is 5.92 Å². The topological polar surface area (TPSA) is 54.0 Å². The fourth-order valence-corrected chi connectivity index (χ4v) is 3.68. The number of nitrogens with zero attached hydrogens (tertiary/aromatic N) is 1. The van der Waals surface area contributed by atoms with Gasteiger partial charge in [-0.2, -0.15) is 0 Å². The van der Waals surface area contributed by atoms with E-state index in [1.54, 1.807) is 0 Å². The van der Waals surface area contributed by atoms with Crippen molar-refractivity contribution in [2.45, 2.75) is 39.2 Å². The molecular weight excluding hydrogens is 342 g/mol. The van der Waals surface area contributed by atoms with E-state index >= 15 is 0 Å². The molecule has 2 aromatic rings. The minimum atomic E-state index is 0. The van der Waals surface area contributed by atoms with E-state index in [0.717, 1.165) is 37.1 Å². The molecule has 1 aromatic heterocycles. The maximum Gasteiger partial charge on any atom is 0.229 e. The lowest BCUT2D eigenvalue weighted by Crippen LogP contribution is -2.40. The van der Waals surface area contributed by atoms with E-state index in [4.69, 9.17) is 0 Å². The molecule has 6 heteroatoms. The molecule has 0 spiro atoms. The second-order valence-electron chi connectivity index (χ2n) is 6.15. The zero-order valence-electron chi connectivity index (χ0n) is 14.0. The van der Waals surface area contributed by atoms with E-state index in [-0.39, 0.29) is 24.2 Å². The molecule has 1 aromatic carbocycles. The summed E-state index contributed by atoms with van der Waals surface area (Å²) in [6, 6.07) is 8.85. The Morgan fingerprint density at radius 3 is 2.79 bits per heavy atom. The number of benzene rings is 1. The van der Waals surface area contributed by atoms with Crippen LogP contribution in [0.5, 0.6) is 0 Å². The van der Waals surface area contributed by atoms with Crippen LogP contribution < -0.4 is 10.6 Å². The minimum Gasteiger partial charge on any atom is -0.314 e. The molecule has 0 bridgehead atoms. The molecule has 1 saturated heterocycles. The van der Waals surface area contributed by atoms with Gasteiger partial charge in [-0.15, -0.1) is 23.7 Å². The first-order chi connectivity index (χ1) is 11.2. The summed E-state index contributed by atoms with van der Waals surface area (Å²) in [5.41, 5.74) is 3.33. The first-order valence-electron chi connectivity index (χ1n) is 8.24. The fourth-order valence-electron chi connectivity index (χ4n) is 2.95. The number of halogens is 1. The number of carbonyl (C=O) groups is 1. The number of thiazole rings is 1. The molecule has 4 nitrogen and oxygen atoms in total. The maximum atomic E-state index is 12.4. The van der Waals surface area contributed by atoms with Gasteiger partial charge in [0.05, 0.1) is 5.69 Å². The number of amides is 1. The predicted molar refractivity (Wildman–Crippen MR) is 103 cm³/mol. The van der Waals surface area contributed by atoms with Crippen LogP contribution in [0.2, 0.25) is 0 Å². The summed E-state index contributed by atoms with van der Waals surface area (Å²) >= 11 is 1.49. The highest BCUT2D eigenvalue weighted by Gasteiger charge is 2.25. The smallest absolute Gasteiger partial charge is 0.229 e. The van der Waals surface area contributed by atoms with Crippen LogP contribution in [0.25, 0.3) is 11.3 Å². The van der Waals surface area contributed by atoms with Crippen LogP contribution in [0.1, 0.15) is 32.3 Å². The van der Waals surface area contributed by atoms with Crippen molar-refractivity contribution in [3.63, 3.8) is 0 Å². The number of aromatic nitrogens is 1. The molecule has 2 atom stereocenters. The Balaban J connectivity index is 0.00000208. The van der Waals surface area contributed by atoms with Crippen LogP contribution in [-0.4, -0.2) is 23.5 Å². The van der Waals surface area contributed by atoms with Gasteiger partial charge in [0.2, 0.25) is 5.91 Å². The predicted octanol–water partition coefficient (Wildman–Crippen LogP) is 4.12. The number of nitrogens with one attached hydrogen (secondary N) is 2. The van der Waals surface area contributed by atoms with Crippen molar-refractivity contribution in [1.82, 2.24) is 10.3 Å². The summed E-state index contributed by atoms with van der Waals surface area (Å²) in [6.07, 6.45) is 2.82. The molecule has 130 valence electrons. The fraction of sp³-hybridized carbons (Fsp3) is 0.444. The zero-order valence-corrected chi connectivity index (χ0v) is 15.7. The van der Waals surface area contributed by atoms with Crippen molar-refractivity contribution in [2.75, 3.05) is 11.9 Å². The summed E-state index contributed by atoms with van der Waals surface area (Å²) in [4.78, 5) is 16.9. The first-order valence-corrected chi connectivity index (χ1v) is 9.12. The van der Waals surface area contributed by atoms with Gasteiger partial charge in [-0.1, -0.05) is 31.2 Å². The number of hydrogen-bond donors (Lipinski definition) is 2. The van der Waals surface area contributed by atoms with Gasteiger partial charge in [0.15, 0.2) is 5.13 Å². The Hall–Kier alpha value is -1.43. The highest BCUT2D eigenvalue weighted by Crippen LogP contribution is 2.26. The lowest BCUT2D eigenvalue weighted by atomic mass is 9.92.